The normalized spacial score (nSPS) is 16.0. The molecule has 2 amide bonds. The quantitative estimate of drug-likeness (QED) is 0.466. The largest absolute Gasteiger partial charge is 0.462 e. The first kappa shape index (κ1) is 19.0. The van der Waals surface area contributed by atoms with E-state index in [0.717, 1.165) is 35.3 Å². The van der Waals surface area contributed by atoms with Crippen LogP contribution in [0.2, 0.25) is 0 Å². The number of nitrogens with one attached hydrogen (secondary N) is 2. The predicted octanol–water partition coefficient (Wildman–Crippen LogP) is 3.60. The Labute approximate surface area is 161 Å². The van der Waals surface area contributed by atoms with Crippen molar-refractivity contribution in [2.45, 2.75) is 33.1 Å². The van der Waals surface area contributed by atoms with Crippen molar-refractivity contribution < 1.29 is 14.3 Å². The van der Waals surface area contributed by atoms with Gasteiger partial charge in [0, 0.05) is 17.3 Å². The summed E-state index contributed by atoms with van der Waals surface area (Å²) in [7, 11) is 0. The predicted molar refractivity (Wildman–Crippen MR) is 105 cm³/mol. The van der Waals surface area contributed by atoms with Crippen LogP contribution in [0.5, 0.6) is 0 Å². The number of nitrogens with zero attached hydrogens (tertiary/aromatic N) is 2. The van der Waals surface area contributed by atoms with Crippen LogP contribution < -0.4 is 10.7 Å². The number of carbonyl (C=O) groups excluding carboxylic acids is 2. The number of ether oxygens (including phenoxy) is 1. The summed E-state index contributed by atoms with van der Waals surface area (Å²) in [5.41, 5.74) is 4.73. The van der Waals surface area contributed by atoms with Gasteiger partial charge in [-0.3, -0.25) is 10.3 Å². The lowest BCUT2D eigenvalue weighted by Gasteiger charge is -2.18. The number of pyridine rings is 1. The number of thiophene rings is 1. The van der Waals surface area contributed by atoms with Crippen LogP contribution in [0.25, 0.3) is 0 Å². The monoisotopic (exact) mass is 386 g/mol. The summed E-state index contributed by atoms with van der Waals surface area (Å²) in [6.45, 7) is 4.26. The first-order valence-corrected chi connectivity index (χ1v) is 9.71. The fourth-order valence-electron chi connectivity index (χ4n) is 3.00. The fraction of sp³-hybridized carbons (Fsp3) is 0.368. The lowest BCUT2D eigenvalue weighted by molar-refractivity contribution is 0.0526. The highest BCUT2D eigenvalue weighted by atomic mass is 32.1. The van der Waals surface area contributed by atoms with Gasteiger partial charge in [0.1, 0.15) is 5.00 Å². The molecule has 2 heterocycles. The number of anilines is 1. The Balaban J connectivity index is 1.74. The Kier molecular flexibility index (Phi) is 6.18. The molecule has 1 aliphatic rings. The molecule has 142 valence electrons. The fourth-order valence-corrected chi connectivity index (χ4v) is 4.40. The zero-order valence-corrected chi connectivity index (χ0v) is 16.1. The summed E-state index contributed by atoms with van der Waals surface area (Å²) < 4.78 is 5.20. The number of hydrazone groups is 1. The van der Waals surface area contributed by atoms with Gasteiger partial charge in [0.2, 0.25) is 0 Å². The van der Waals surface area contributed by atoms with E-state index < -0.39 is 6.03 Å². The Morgan fingerprint density at radius 1 is 1.41 bits per heavy atom. The molecule has 1 aliphatic carbocycles. The maximum atomic E-state index is 12.4. The second-order valence-corrected chi connectivity index (χ2v) is 7.49. The highest BCUT2D eigenvalue weighted by Crippen LogP contribution is 2.40. The second kappa shape index (κ2) is 8.77. The molecule has 3 rings (SSSR count). The topological polar surface area (TPSA) is 92.7 Å². The van der Waals surface area contributed by atoms with Crippen LogP contribution in [0.3, 0.4) is 0 Å². The lowest BCUT2D eigenvalue weighted by atomic mass is 9.88. The second-order valence-electron chi connectivity index (χ2n) is 6.38. The average molecular weight is 386 g/mol. The molecule has 0 fully saturated rings. The van der Waals surface area contributed by atoms with Crippen molar-refractivity contribution in [2.75, 3.05) is 11.9 Å². The van der Waals surface area contributed by atoms with Crippen molar-refractivity contribution in [1.29, 1.82) is 0 Å². The average Bonchev–Trinajstić information content (AvgIpc) is 2.99. The van der Waals surface area contributed by atoms with Crippen molar-refractivity contribution in [1.82, 2.24) is 10.4 Å². The molecule has 0 aromatic carbocycles. The number of aromatic nitrogens is 1. The van der Waals surface area contributed by atoms with Gasteiger partial charge in [-0.2, -0.15) is 5.10 Å². The molecule has 8 heteroatoms. The van der Waals surface area contributed by atoms with E-state index >= 15 is 0 Å². The van der Waals surface area contributed by atoms with E-state index in [4.69, 9.17) is 4.74 Å². The van der Waals surface area contributed by atoms with Crippen LogP contribution in [0.4, 0.5) is 9.80 Å². The van der Waals surface area contributed by atoms with Gasteiger partial charge in [-0.15, -0.1) is 11.3 Å². The Hall–Kier alpha value is -2.74. The van der Waals surface area contributed by atoms with Crippen LogP contribution in [0.15, 0.2) is 29.6 Å². The summed E-state index contributed by atoms with van der Waals surface area (Å²) in [4.78, 5) is 29.7. The van der Waals surface area contributed by atoms with Gasteiger partial charge >= 0.3 is 12.0 Å². The molecule has 0 radical (unpaired) electrons. The van der Waals surface area contributed by atoms with E-state index in [-0.39, 0.29) is 5.97 Å². The van der Waals surface area contributed by atoms with E-state index in [2.05, 4.69) is 27.8 Å². The highest BCUT2D eigenvalue weighted by molar-refractivity contribution is 7.17. The molecule has 2 N–H and O–H groups in total. The third-order valence-electron chi connectivity index (χ3n) is 4.30. The van der Waals surface area contributed by atoms with Gasteiger partial charge in [-0.05, 0) is 55.4 Å². The van der Waals surface area contributed by atoms with E-state index in [9.17, 15) is 9.59 Å². The molecule has 0 saturated heterocycles. The van der Waals surface area contributed by atoms with Crippen LogP contribution in [-0.4, -0.2) is 29.8 Å². The van der Waals surface area contributed by atoms with E-state index in [1.54, 1.807) is 31.5 Å². The molecule has 2 aromatic rings. The van der Waals surface area contributed by atoms with Crippen molar-refractivity contribution in [3.63, 3.8) is 0 Å². The molecule has 0 spiro atoms. The van der Waals surface area contributed by atoms with Crippen molar-refractivity contribution in [2.24, 2.45) is 11.0 Å². The first-order valence-electron chi connectivity index (χ1n) is 8.90. The van der Waals surface area contributed by atoms with Gasteiger partial charge in [-0.1, -0.05) is 6.92 Å². The third kappa shape index (κ3) is 4.71. The van der Waals surface area contributed by atoms with Crippen LogP contribution in [0.1, 0.15) is 46.6 Å². The third-order valence-corrected chi connectivity index (χ3v) is 5.47. The minimum Gasteiger partial charge on any atom is -0.462 e. The minimum atomic E-state index is -0.502. The number of hydrogen-bond acceptors (Lipinski definition) is 6. The van der Waals surface area contributed by atoms with Gasteiger partial charge in [0.05, 0.1) is 18.4 Å². The standard InChI is InChI=1S/C19H22N4O3S/c1-3-26-18(24)16-14-5-4-12(2)10-15(14)27-17(16)22-19(25)23-21-11-13-6-8-20-9-7-13/h6-9,11-12H,3-5,10H2,1-2H3,(H2,22,23,25)/b21-11+. The van der Waals surface area contributed by atoms with Crippen LogP contribution in [-0.2, 0) is 17.6 Å². The van der Waals surface area contributed by atoms with Gasteiger partial charge < -0.3 is 4.74 Å². The molecule has 27 heavy (non-hydrogen) atoms. The molecule has 0 aliphatic heterocycles. The number of amides is 2. The number of urea groups is 1. The Morgan fingerprint density at radius 3 is 2.93 bits per heavy atom. The maximum Gasteiger partial charge on any atom is 0.341 e. The maximum absolute atomic E-state index is 12.4. The molecule has 0 bridgehead atoms. The number of rotatable bonds is 5. The SMILES string of the molecule is CCOC(=O)c1c(NC(=O)N/N=C/c2ccncc2)sc2c1CCC(C)C2. The Morgan fingerprint density at radius 2 is 2.19 bits per heavy atom. The molecular formula is C19H22N4O3S. The van der Waals surface area contributed by atoms with E-state index in [0.29, 0.717) is 23.1 Å². The lowest BCUT2D eigenvalue weighted by Crippen LogP contribution is -2.25. The molecule has 7 nitrogen and oxygen atoms in total. The van der Waals surface area contributed by atoms with Crippen molar-refractivity contribution in [3.05, 3.63) is 46.1 Å². The molecule has 1 unspecified atom stereocenters. The van der Waals surface area contributed by atoms with E-state index in [1.807, 2.05) is 0 Å². The first-order chi connectivity index (χ1) is 13.1. The number of esters is 1. The summed E-state index contributed by atoms with van der Waals surface area (Å²) in [5, 5.41) is 7.18. The van der Waals surface area contributed by atoms with Crippen molar-refractivity contribution >= 4 is 34.6 Å². The molecule has 2 aromatic heterocycles. The van der Waals surface area contributed by atoms with Gasteiger partial charge in [0.25, 0.3) is 0 Å². The van der Waals surface area contributed by atoms with Gasteiger partial charge in [0.15, 0.2) is 0 Å². The number of fused-ring (bicyclic) bond motifs is 1. The summed E-state index contributed by atoms with van der Waals surface area (Å²) in [5.74, 6) is 0.179. The summed E-state index contributed by atoms with van der Waals surface area (Å²) >= 11 is 1.45. The highest BCUT2D eigenvalue weighted by Gasteiger charge is 2.29. The molecular weight excluding hydrogens is 364 g/mol. The number of carbonyl (C=O) groups is 2. The van der Waals surface area contributed by atoms with Crippen molar-refractivity contribution in [3.8, 4) is 0 Å². The summed E-state index contributed by atoms with van der Waals surface area (Å²) in [6.07, 6.45) is 7.57. The molecule has 1 atom stereocenters. The van der Waals surface area contributed by atoms with Crippen LogP contribution in [0, 0.1) is 5.92 Å². The van der Waals surface area contributed by atoms with E-state index in [1.165, 1.54) is 17.6 Å². The minimum absolute atomic E-state index is 0.293. The zero-order valence-electron chi connectivity index (χ0n) is 15.3. The van der Waals surface area contributed by atoms with Gasteiger partial charge in [-0.25, -0.2) is 15.0 Å². The summed E-state index contributed by atoms with van der Waals surface area (Å²) in [6, 6.07) is 3.05. The molecule has 0 saturated carbocycles. The zero-order chi connectivity index (χ0) is 19.2. The Bertz CT molecular complexity index is 848. The van der Waals surface area contributed by atoms with Crippen LogP contribution >= 0.6 is 11.3 Å². The smallest absolute Gasteiger partial charge is 0.341 e. The number of hydrogen-bond donors (Lipinski definition) is 2.